The minimum Gasteiger partial charge on any atom is -0.505 e. The van der Waals surface area contributed by atoms with Gasteiger partial charge in [-0.05, 0) is 47.5 Å². The fourth-order valence-electron chi connectivity index (χ4n) is 1.40. The van der Waals surface area contributed by atoms with E-state index in [9.17, 15) is 13.5 Å². The Kier molecular flexibility index (Phi) is 5.01. The highest BCUT2D eigenvalue weighted by Crippen LogP contribution is 2.33. The molecule has 0 bridgehead atoms. The number of anilines is 1. The summed E-state index contributed by atoms with van der Waals surface area (Å²) in [7, 11) is -2.11. The van der Waals surface area contributed by atoms with Gasteiger partial charge in [0.05, 0.1) is 22.0 Å². The zero-order valence-electron chi connectivity index (χ0n) is 10.4. The van der Waals surface area contributed by atoms with Gasteiger partial charge in [0.2, 0.25) is 10.0 Å². The SMILES string of the molecule is COC(C)CS(=O)(=O)Nc1cc(C)cc(Br)c1O. The molecule has 7 heteroatoms. The van der Waals surface area contributed by atoms with E-state index in [1.165, 1.54) is 7.11 Å². The number of aromatic hydroxyl groups is 1. The minimum absolute atomic E-state index is 0.130. The van der Waals surface area contributed by atoms with Crippen molar-refractivity contribution in [1.29, 1.82) is 0 Å². The van der Waals surface area contributed by atoms with Crippen LogP contribution in [0.5, 0.6) is 5.75 Å². The summed E-state index contributed by atoms with van der Waals surface area (Å²) in [5, 5.41) is 9.77. The van der Waals surface area contributed by atoms with Crippen LogP contribution < -0.4 is 4.72 Å². The van der Waals surface area contributed by atoms with E-state index in [1.54, 1.807) is 26.0 Å². The van der Waals surface area contributed by atoms with Crippen LogP contribution in [0.3, 0.4) is 0 Å². The fourth-order valence-corrected chi connectivity index (χ4v) is 3.30. The number of sulfonamides is 1. The van der Waals surface area contributed by atoms with E-state index in [-0.39, 0.29) is 17.2 Å². The first-order valence-electron chi connectivity index (χ1n) is 5.27. The molecule has 1 aromatic carbocycles. The van der Waals surface area contributed by atoms with Crippen LogP contribution in [0.2, 0.25) is 0 Å². The zero-order valence-corrected chi connectivity index (χ0v) is 12.8. The summed E-state index contributed by atoms with van der Waals surface area (Å²) >= 11 is 3.16. The van der Waals surface area contributed by atoms with Gasteiger partial charge in [-0.25, -0.2) is 8.42 Å². The number of aryl methyl sites for hydroxylation is 1. The van der Waals surface area contributed by atoms with E-state index in [0.29, 0.717) is 4.47 Å². The quantitative estimate of drug-likeness (QED) is 0.808. The monoisotopic (exact) mass is 337 g/mol. The normalized spacial score (nSPS) is 13.3. The summed E-state index contributed by atoms with van der Waals surface area (Å²) in [4.78, 5) is 0. The predicted octanol–water partition coefficient (Wildman–Crippen LogP) is 2.24. The van der Waals surface area contributed by atoms with Crippen molar-refractivity contribution >= 4 is 31.6 Å². The van der Waals surface area contributed by atoms with Gasteiger partial charge in [-0.2, -0.15) is 0 Å². The first-order chi connectivity index (χ1) is 8.25. The highest BCUT2D eigenvalue weighted by atomic mass is 79.9. The molecule has 102 valence electrons. The van der Waals surface area contributed by atoms with Crippen molar-refractivity contribution < 1.29 is 18.3 Å². The number of hydrogen-bond donors (Lipinski definition) is 2. The van der Waals surface area contributed by atoms with Gasteiger partial charge in [0.1, 0.15) is 0 Å². The van der Waals surface area contributed by atoms with Crippen LogP contribution in [0.25, 0.3) is 0 Å². The number of methoxy groups -OCH3 is 1. The van der Waals surface area contributed by atoms with Gasteiger partial charge in [-0.15, -0.1) is 0 Å². The maximum atomic E-state index is 11.8. The van der Waals surface area contributed by atoms with Crippen LogP contribution in [0.15, 0.2) is 16.6 Å². The largest absolute Gasteiger partial charge is 0.505 e. The van der Waals surface area contributed by atoms with Crippen molar-refractivity contribution in [3.8, 4) is 5.75 Å². The zero-order chi connectivity index (χ0) is 13.9. The van der Waals surface area contributed by atoms with E-state index in [2.05, 4.69) is 20.7 Å². The Morgan fingerprint density at radius 2 is 2.11 bits per heavy atom. The Labute approximate surface area is 115 Å². The fraction of sp³-hybridized carbons (Fsp3) is 0.455. The van der Waals surface area contributed by atoms with Crippen molar-refractivity contribution in [1.82, 2.24) is 0 Å². The molecule has 0 aliphatic carbocycles. The molecule has 1 unspecified atom stereocenters. The smallest absolute Gasteiger partial charge is 0.235 e. The molecule has 0 amide bonds. The van der Waals surface area contributed by atoms with Crippen LogP contribution in [0, 0.1) is 6.92 Å². The number of phenolic OH excluding ortho intramolecular Hbond substituents is 1. The topological polar surface area (TPSA) is 75.6 Å². The first kappa shape index (κ1) is 15.3. The number of phenols is 1. The third-order valence-corrected chi connectivity index (χ3v) is 4.37. The number of hydrogen-bond acceptors (Lipinski definition) is 4. The summed E-state index contributed by atoms with van der Waals surface area (Å²) in [6.45, 7) is 3.46. The highest BCUT2D eigenvalue weighted by Gasteiger charge is 2.18. The van der Waals surface area contributed by atoms with Gasteiger partial charge in [0.15, 0.2) is 5.75 Å². The van der Waals surface area contributed by atoms with E-state index in [0.717, 1.165) is 5.56 Å². The Morgan fingerprint density at radius 1 is 1.50 bits per heavy atom. The Bertz CT molecular complexity index is 530. The second-order valence-electron chi connectivity index (χ2n) is 4.07. The van der Waals surface area contributed by atoms with Gasteiger partial charge in [0, 0.05) is 7.11 Å². The third-order valence-electron chi connectivity index (χ3n) is 2.33. The van der Waals surface area contributed by atoms with E-state index in [1.807, 2.05) is 0 Å². The number of rotatable bonds is 5. The first-order valence-corrected chi connectivity index (χ1v) is 7.72. The van der Waals surface area contributed by atoms with Gasteiger partial charge in [-0.3, -0.25) is 4.72 Å². The molecule has 0 spiro atoms. The molecule has 1 rings (SSSR count). The Hall–Kier alpha value is -0.790. The standard InChI is InChI=1S/C11H16BrNO4S/c1-7-4-9(12)11(14)10(5-7)13-18(15,16)6-8(2)17-3/h4-5,8,13-14H,6H2,1-3H3. The summed E-state index contributed by atoms with van der Waals surface area (Å²) < 4.78 is 31.4. The van der Waals surface area contributed by atoms with Crippen molar-refractivity contribution in [3.05, 3.63) is 22.2 Å². The van der Waals surface area contributed by atoms with Crippen LogP contribution in [-0.2, 0) is 14.8 Å². The lowest BCUT2D eigenvalue weighted by Gasteiger charge is -2.14. The molecule has 5 nitrogen and oxygen atoms in total. The molecule has 2 N–H and O–H groups in total. The second kappa shape index (κ2) is 5.90. The molecule has 0 radical (unpaired) electrons. The molecule has 0 aliphatic heterocycles. The van der Waals surface area contributed by atoms with Gasteiger partial charge in [0.25, 0.3) is 0 Å². The summed E-state index contributed by atoms with van der Waals surface area (Å²) in [5.41, 5.74) is 0.988. The molecular formula is C11H16BrNO4S. The van der Waals surface area contributed by atoms with Crippen LogP contribution in [-0.4, -0.2) is 32.5 Å². The van der Waals surface area contributed by atoms with Crippen molar-refractivity contribution in [2.24, 2.45) is 0 Å². The highest BCUT2D eigenvalue weighted by molar-refractivity contribution is 9.10. The minimum atomic E-state index is -3.56. The second-order valence-corrected chi connectivity index (χ2v) is 6.69. The lowest BCUT2D eigenvalue weighted by atomic mass is 10.2. The summed E-state index contributed by atoms with van der Waals surface area (Å²) in [5.74, 6) is -0.302. The lowest BCUT2D eigenvalue weighted by Crippen LogP contribution is -2.25. The summed E-state index contributed by atoms with van der Waals surface area (Å²) in [6.07, 6.45) is -0.419. The van der Waals surface area contributed by atoms with E-state index in [4.69, 9.17) is 4.74 Å². The molecule has 0 fully saturated rings. The van der Waals surface area contributed by atoms with E-state index >= 15 is 0 Å². The average Bonchev–Trinajstić information content (AvgIpc) is 2.23. The third kappa shape index (κ3) is 4.15. The summed E-state index contributed by atoms with van der Waals surface area (Å²) in [6, 6.07) is 3.26. The predicted molar refractivity (Wildman–Crippen MR) is 74.4 cm³/mol. The molecule has 1 aromatic rings. The van der Waals surface area contributed by atoms with Crippen LogP contribution >= 0.6 is 15.9 Å². The molecule has 0 aliphatic rings. The molecule has 18 heavy (non-hydrogen) atoms. The number of benzene rings is 1. The Morgan fingerprint density at radius 3 is 2.67 bits per heavy atom. The molecule has 0 saturated carbocycles. The number of ether oxygens (including phenoxy) is 1. The van der Waals surface area contributed by atoms with Crippen molar-refractivity contribution in [2.45, 2.75) is 20.0 Å². The average molecular weight is 338 g/mol. The van der Waals surface area contributed by atoms with Gasteiger partial charge >= 0.3 is 0 Å². The molecule has 0 aromatic heterocycles. The molecule has 0 heterocycles. The molecular weight excluding hydrogens is 322 g/mol. The number of halogens is 1. The molecule has 1 atom stereocenters. The van der Waals surface area contributed by atoms with Crippen molar-refractivity contribution in [3.63, 3.8) is 0 Å². The maximum Gasteiger partial charge on any atom is 0.235 e. The van der Waals surface area contributed by atoms with Gasteiger partial charge < -0.3 is 9.84 Å². The van der Waals surface area contributed by atoms with E-state index < -0.39 is 16.1 Å². The van der Waals surface area contributed by atoms with Crippen LogP contribution in [0.1, 0.15) is 12.5 Å². The maximum absolute atomic E-state index is 11.8. The molecule has 0 saturated heterocycles. The van der Waals surface area contributed by atoms with Crippen molar-refractivity contribution in [2.75, 3.05) is 17.6 Å². The van der Waals surface area contributed by atoms with Gasteiger partial charge in [-0.1, -0.05) is 0 Å². The lowest BCUT2D eigenvalue weighted by molar-refractivity contribution is 0.136. The Balaban J connectivity index is 2.97. The number of nitrogens with one attached hydrogen (secondary N) is 1. The van der Waals surface area contributed by atoms with Crippen LogP contribution in [0.4, 0.5) is 5.69 Å².